The van der Waals surface area contributed by atoms with Gasteiger partial charge in [-0.2, -0.15) is 10.4 Å². The van der Waals surface area contributed by atoms with E-state index in [0.717, 1.165) is 35.5 Å². The number of aromatic nitrogens is 3. The number of pyridine rings is 1. The normalized spacial score (nSPS) is 10.5. The third-order valence-electron chi connectivity index (χ3n) is 4.65. The molecule has 142 valence electrons. The molecular formula is C22H23N5O. The lowest BCUT2D eigenvalue weighted by Gasteiger charge is -2.18. The number of carbonyl (C=O) groups excluding carboxylic acids is 1. The molecule has 6 heteroatoms. The number of carbonyl (C=O) groups is 1. The number of benzene rings is 1. The molecule has 3 rings (SSSR count). The number of amides is 1. The van der Waals surface area contributed by atoms with Gasteiger partial charge in [0.05, 0.1) is 5.69 Å². The first-order chi connectivity index (χ1) is 13.5. The van der Waals surface area contributed by atoms with Crippen LogP contribution in [0.3, 0.4) is 0 Å². The minimum Gasteiger partial charge on any atom is -0.342 e. The average molecular weight is 373 g/mol. The van der Waals surface area contributed by atoms with E-state index in [1.165, 1.54) is 0 Å². The van der Waals surface area contributed by atoms with E-state index in [1.807, 2.05) is 48.9 Å². The van der Waals surface area contributed by atoms with Crippen LogP contribution in [0.5, 0.6) is 0 Å². The van der Waals surface area contributed by atoms with E-state index in [0.29, 0.717) is 17.8 Å². The molecule has 3 aromatic rings. The predicted molar refractivity (Wildman–Crippen MR) is 108 cm³/mol. The van der Waals surface area contributed by atoms with E-state index in [1.54, 1.807) is 30.3 Å². The summed E-state index contributed by atoms with van der Waals surface area (Å²) >= 11 is 0. The van der Waals surface area contributed by atoms with Gasteiger partial charge in [0, 0.05) is 43.2 Å². The molecule has 0 bridgehead atoms. The summed E-state index contributed by atoms with van der Waals surface area (Å²) in [5.41, 5.74) is 4.62. The van der Waals surface area contributed by atoms with Crippen molar-refractivity contribution in [1.82, 2.24) is 19.7 Å². The Morgan fingerprint density at radius 2 is 2.04 bits per heavy atom. The maximum atomic E-state index is 12.8. The van der Waals surface area contributed by atoms with Crippen molar-refractivity contribution in [3.63, 3.8) is 0 Å². The number of hydrogen-bond acceptors (Lipinski definition) is 4. The summed E-state index contributed by atoms with van der Waals surface area (Å²) < 4.78 is 1.97. The highest BCUT2D eigenvalue weighted by molar-refractivity contribution is 5.95. The molecule has 28 heavy (non-hydrogen) atoms. The highest BCUT2D eigenvalue weighted by Gasteiger charge is 2.14. The van der Waals surface area contributed by atoms with Gasteiger partial charge in [-0.3, -0.25) is 9.48 Å². The fourth-order valence-corrected chi connectivity index (χ4v) is 3.23. The summed E-state index contributed by atoms with van der Waals surface area (Å²) in [6, 6.07) is 15.1. The molecule has 0 atom stereocenters. The number of hydrogen-bond donors (Lipinski definition) is 0. The third kappa shape index (κ3) is 4.26. The third-order valence-corrected chi connectivity index (χ3v) is 4.65. The second-order valence-electron chi connectivity index (χ2n) is 6.82. The highest BCUT2D eigenvalue weighted by Crippen LogP contribution is 2.23. The first kappa shape index (κ1) is 19.3. The Bertz CT molecular complexity index is 1030. The molecule has 0 aliphatic carbocycles. The molecule has 1 aromatic carbocycles. The molecule has 1 amide bonds. The summed E-state index contributed by atoms with van der Waals surface area (Å²) in [5, 5.41) is 13.7. The molecule has 0 aliphatic rings. The Morgan fingerprint density at radius 1 is 1.21 bits per heavy atom. The smallest absolute Gasteiger partial charge is 0.253 e. The molecular weight excluding hydrogens is 350 g/mol. The van der Waals surface area contributed by atoms with E-state index < -0.39 is 0 Å². The number of aryl methyl sites for hydroxylation is 3. The number of rotatable bonds is 6. The summed E-state index contributed by atoms with van der Waals surface area (Å²) in [7, 11) is 1.81. The van der Waals surface area contributed by atoms with E-state index in [-0.39, 0.29) is 5.91 Å². The molecule has 0 saturated heterocycles. The van der Waals surface area contributed by atoms with Crippen LogP contribution < -0.4 is 0 Å². The van der Waals surface area contributed by atoms with Gasteiger partial charge in [0.2, 0.25) is 0 Å². The minimum absolute atomic E-state index is 0.0439. The Balaban J connectivity index is 1.68. The first-order valence-electron chi connectivity index (χ1n) is 9.21. The van der Waals surface area contributed by atoms with Crippen LogP contribution in [0.2, 0.25) is 0 Å². The van der Waals surface area contributed by atoms with Gasteiger partial charge in [0.25, 0.3) is 5.91 Å². The average Bonchev–Trinajstić information content (AvgIpc) is 3.04. The van der Waals surface area contributed by atoms with Crippen molar-refractivity contribution in [2.75, 3.05) is 13.6 Å². The van der Waals surface area contributed by atoms with Crippen molar-refractivity contribution in [3.8, 4) is 17.2 Å². The monoisotopic (exact) mass is 373 g/mol. The molecule has 0 saturated carbocycles. The Kier molecular flexibility index (Phi) is 5.85. The largest absolute Gasteiger partial charge is 0.342 e. The van der Waals surface area contributed by atoms with E-state index in [2.05, 4.69) is 16.2 Å². The molecule has 2 heterocycles. The van der Waals surface area contributed by atoms with Crippen LogP contribution in [0.4, 0.5) is 0 Å². The van der Waals surface area contributed by atoms with Crippen LogP contribution in [-0.2, 0) is 6.54 Å². The van der Waals surface area contributed by atoms with Gasteiger partial charge in [0.1, 0.15) is 11.8 Å². The fraction of sp³-hybridized carbons (Fsp3) is 0.273. The Morgan fingerprint density at radius 3 is 2.75 bits per heavy atom. The molecule has 0 spiro atoms. The van der Waals surface area contributed by atoms with Crippen molar-refractivity contribution < 1.29 is 4.79 Å². The van der Waals surface area contributed by atoms with Crippen LogP contribution in [-0.4, -0.2) is 39.2 Å². The van der Waals surface area contributed by atoms with Crippen molar-refractivity contribution >= 4 is 5.91 Å². The Labute approximate surface area is 165 Å². The van der Waals surface area contributed by atoms with E-state index in [4.69, 9.17) is 0 Å². The van der Waals surface area contributed by atoms with Gasteiger partial charge in [-0.1, -0.05) is 12.1 Å². The molecule has 0 unspecified atom stereocenters. The molecule has 6 nitrogen and oxygen atoms in total. The van der Waals surface area contributed by atoms with Gasteiger partial charge in [-0.15, -0.1) is 0 Å². The molecule has 2 aromatic heterocycles. The topological polar surface area (TPSA) is 74.8 Å². The SMILES string of the molecule is Cc1cc(C)n(CCCN(C)C(=O)c2cccc(-c3cccnc3C#N)c2)n1. The van der Waals surface area contributed by atoms with Crippen molar-refractivity contribution in [2.45, 2.75) is 26.8 Å². The van der Waals surface area contributed by atoms with Gasteiger partial charge in [-0.05, 0) is 56.2 Å². The number of nitriles is 1. The maximum absolute atomic E-state index is 12.8. The van der Waals surface area contributed by atoms with Crippen LogP contribution in [0.15, 0.2) is 48.7 Å². The summed E-state index contributed by atoms with van der Waals surface area (Å²) in [6.45, 7) is 5.43. The fourth-order valence-electron chi connectivity index (χ4n) is 3.23. The predicted octanol–water partition coefficient (Wildman–Crippen LogP) is 3.60. The van der Waals surface area contributed by atoms with Crippen molar-refractivity contribution in [1.29, 1.82) is 5.26 Å². The van der Waals surface area contributed by atoms with Crippen molar-refractivity contribution in [2.24, 2.45) is 0 Å². The molecule has 0 N–H and O–H groups in total. The molecule has 0 radical (unpaired) electrons. The Hall–Kier alpha value is -3.46. The van der Waals surface area contributed by atoms with Gasteiger partial charge in [0.15, 0.2) is 0 Å². The highest BCUT2D eigenvalue weighted by atomic mass is 16.2. The van der Waals surface area contributed by atoms with E-state index >= 15 is 0 Å². The number of nitrogens with zero attached hydrogens (tertiary/aromatic N) is 5. The first-order valence-corrected chi connectivity index (χ1v) is 9.21. The van der Waals surface area contributed by atoms with E-state index in [9.17, 15) is 10.1 Å². The van der Waals surface area contributed by atoms with Gasteiger partial charge < -0.3 is 4.90 Å². The zero-order valence-electron chi connectivity index (χ0n) is 16.4. The molecule has 0 fully saturated rings. The van der Waals surface area contributed by atoms with Crippen LogP contribution in [0.1, 0.15) is 33.9 Å². The molecule has 0 aliphatic heterocycles. The maximum Gasteiger partial charge on any atom is 0.253 e. The van der Waals surface area contributed by atoms with Gasteiger partial charge in [-0.25, -0.2) is 4.98 Å². The minimum atomic E-state index is -0.0439. The summed E-state index contributed by atoms with van der Waals surface area (Å²) in [6.07, 6.45) is 2.42. The van der Waals surface area contributed by atoms with Gasteiger partial charge >= 0.3 is 0 Å². The standard InChI is InChI=1S/C22H23N5O/c1-16-13-17(2)27(25-16)12-6-11-26(3)22(28)19-8-4-7-18(14-19)20-9-5-10-24-21(20)15-23/h4-5,7-10,13-14H,6,11-12H2,1-3H3. The van der Waals surface area contributed by atoms with Crippen LogP contribution >= 0.6 is 0 Å². The summed E-state index contributed by atoms with van der Waals surface area (Å²) in [5.74, 6) is -0.0439. The second kappa shape index (κ2) is 8.49. The second-order valence-corrected chi connectivity index (χ2v) is 6.82. The van der Waals surface area contributed by atoms with Crippen molar-refractivity contribution in [3.05, 3.63) is 71.3 Å². The van der Waals surface area contributed by atoms with Crippen LogP contribution in [0, 0.1) is 25.2 Å². The lowest BCUT2D eigenvalue weighted by Crippen LogP contribution is -2.28. The quantitative estimate of drug-likeness (QED) is 0.662. The van der Waals surface area contributed by atoms with Crippen LogP contribution in [0.25, 0.3) is 11.1 Å². The lowest BCUT2D eigenvalue weighted by atomic mass is 10.0. The summed E-state index contributed by atoms with van der Waals surface area (Å²) in [4.78, 5) is 18.6. The lowest BCUT2D eigenvalue weighted by molar-refractivity contribution is 0.0791. The zero-order valence-corrected chi connectivity index (χ0v) is 16.4. The zero-order chi connectivity index (χ0) is 20.1.